The number of hydrogen-bond acceptors (Lipinski definition) is 5. The van der Waals surface area contributed by atoms with Gasteiger partial charge >= 0.3 is 5.76 Å². The van der Waals surface area contributed by atoms with Crippen LogP contribution in [0.1, 0.15) is 18.4 Å². The summed E-state index contributed by atoms with van der Waals surface area (Å²) < 4.78 is 45.3. The molecule has 8 nitrogen and oxygen atoms in total. The quantitative estimate of drug-likeness (QED) is 0.639. The van der Waals surface area contributed by atoms with Crippen LogP contribution in [0.15, 0.2) is 56.6 Å². The van der Waals surface area contributed by atoms with Gasteiger partial charge in [0.05, 0.1) is 16.3 Å². The Kier molecular flexibility index (Phi) is 5.44. The first-order valence-corrected chi connectivity index (χ1v) is 10.9. The van der Waals surface area contributed by atoms with Gasteiger partial charge < -0.3 is 9.73 Å². The number of halogens is 1. The molecule has 2 heterocycles. The van der Waals surface area contributed by atoms with Gasteiger partial charge in [-0.25, -0.2) is 17.6 Å². The van der Waals surface area contributed by atoms with Crippen molar-refractivity contribution in [2.45, 2.75) is 24.3 Å². The Morgan fingerprint density at radius 3 is 2.77 bits per heavy atom. The van der Waals surface area contributed by atoms with Gasteiger partial charge in [-0.15, -0.1) is 0 Å². The van der Waals surface area contributed by atoms with Gasteiger partial charge in [-0.1, -0.05) is 12.1 Å². The molecule has 1 saturated heterocycles. The number of carbonyl (C=O) groups is 1. The minimum absolute atomic E-state index is 0.00474. The molecule has 0 aliphatic carbocycles. The number of piperidine rings is 1. The summed E-state index contributed by atoms with van der Waals surface area (Å²) in [5.74, 6) is -1.74. The van der Waals surface area contributed by atoms with E-state index in [0.29, 0.717) is 24.9 Å². The van der Waals surface area contributed by atoms with Crippen molar-refractivity contribution in [1.82, 2.24) is 14.6 Å². The lowest BCUT2D eigenvalue weighted by Gasteiger charge is -2.31. The first-order chi connectivity index (χ1) is 14.3. The normalized spacial score (nSPS) is 17.8. The van der Waals surface area contributed by atoms with Crippen molar-refractivity contribution in [2.24, 2.45) is 5.92 Å². The van der Waals surface area contributed by atoms with Gasteiger partial charge in [-0.2, -0.15) is 4.31 Å². The minimum atomic E-state index is -3.85. The lowest BCUT2D eigenvalue weighted by molar-refractivity contribution is -0.126. The summed E-state index contributed by atoms with van der Waals surface area (Å²) in [5.41, 5.74) is 1.33. The molecule has 0 radical (unpaired) electrons. The number of aromatic amines is 1. The Hall–Kier alpha value is -2.98. The maximum Gasteiger partial charge on any atom is 0.417 e. The maximum absolute atomic E-state index is 13.0. The summed E-state index contributed by atoms with van der Waals surface area (Å²) in [5, 5.41) is 2.79. The number of carbonyl (C=O) groups excluding carboxylic acids is 1. The molecule has 30 heavy (non-hydrogen) atoms. The highest BCUT2D eigenvalue weighted by Crippen LogP contribution is 2.25. The van der Waals surface area contributed by atoms with Crippen LogP contribution in [0.5, 0.6) is 0 Å². The fourth-order valence-electron chi connectivity index (χ4n) is 3.55. The molecular weight excluding hydrogens is 413 g/mol. The smallest absolute Gasteiger partial charge is 0.408 e. The first kappa shape index (κ1) is 20.3. The van der Waals surface area contributed by atoms with E-state index in [1.165, 1.54) is 34.6 Å². The van der Waals surface area contributed by atoms with E-state index in [9.17, 15) is 22.4 Å². The molecule has 1 aromatic heterocycles. The number of amides is 1. The summed E-state index contributed by atoms with van der Waals surface area (Å²) >= 11 is 0. The molecule has 2 N–H and O–H groups in total. The molecule has 2 aromatic carbocycles. The SMILES string of the molecule is O=C(NCc1ccc(F)cc1)[C@@H]1CCCN(S(=O)(=O)c2ccc3[nH]c(=O)oc3c2)C1. The van der Waals surface area contributed by atoms with Crippen LogP contribution < -0.4 is 11.1 Å². The zero-order valence-electron chi connectivity index (χ0n) is 15.9. The average molecular weight is 433 g/mol. The number of rotatable bonds is 5. The van der Waals surface area contributed by atoms with Crippen LogP contribution in [0, 0.1) is 11.7 Å². The minimum Gasteiger partial charge on any atom is -0.408 e. The Morgan fingerprint density at radius 1 is 1.23 bits per heavy atom. The molecular formula is C20H20FN3O5S. The number of nitrogens with zero attached hydrogens (tertiary/aromatic N) is 1. The standard InChI is InChI=1S/C20H20FN3O5S/c21-15-5-3-13(4-6-15)11-22-19(25)14-2-1-9-24(12-14)30(27,28)16-7-8-17-18(10-16)29-20(26)23-17/h3-8,10,14H,1-2,9,11-12H2,(H,22,25)(H,23,26)/t14-/m1/s1. The van der Waals surface area contributed by atoms with Crippen LogP contribution in [0.2, 0.25) is 0 Å². The second-order valence-electron chi connectivity index (χ2n) is 7.22. The Balaban J connectivity index is 1.45. The molecule has 0 unspecified atom stereocenters. The third kappa shape index (κ3) is 4.14. The number of aromatic nitrogens is 1. The number of nitrogens with one attached hydrogen (secondary N) is 2. The number of sulfonamides is 1. The van der Waals surface area contributed by atoms with Gasteiger partial charge in [0.25, 0.3) is 0 Å². The van der Waals surface area contributed by atoms with E-state index in [1.807, 2.05) is 0 Å². The van der Waals surface area contributed by atoms with Crippen molar-refractivity contribution >= 4 is 27.0 Å². The van der Waals surface area contributed by atoms with Crippen LogP contribution in [0.4, 0.5) is 4.39 Å². The zero-order chi connectivity index (χ0) is 21.3. The molecule has 4 rings (SSSR count). The van der Waals surface area contributed by atoms with Crippen LogP contribution in [0.25, 0.3) is 11.1 Å². The van der Waals surface area contributed by atoms with Gasteiger partial charge in [-0.05, 0) is 42.7 Å². The first-order valence-electron chi connectivity index (χ1n) is 9.48. The molecule has 10 heteroatoms. The summed E-state index contributed by atoms with van der Waals surface area (Å²) in [7, 11) is -3.85. The van der Waals surface area contributed by atoms with E-state index in [4.69, 9.17) is 4.42 Å². The van der Waals surface area contributed by atoms with E-state index >= 15 is 0 Å². The second kappa shape index (κ2) is 8.04. The summed E-state index contributed by atoms with van der Waals surface area (Å²) in [4.78, 5) is 26.3. The van der Waals surface area contributed by atoms with Gasteiger partial charge in [0.1, 0.15) is 5.82 Å². The predicted octanol–water partition coefficient (Wildman–Crippen LogP) is 1.98. The zero-order valence-corrected chi connectivity index (χ0v) is 16.7. The van der Waals surface area contributed by atoms with Crippen LogP contribution in [0.3, 0.4) is 0 Å². The second-order valence-corrected chi connectivity index (χ2v) is 9.16. The Bertz CT molecular complexity index is 1230. The molecule has 0 spiro atoms. The number of H-pyrrole nitrogens is 1. The van der Waals surface area contributed by atoms with E-state index in [1.54, 1.807) is 12.1 Å². The van der Waals surface area contributed by atoms with E-state index < -0.39 is 21.7 Å². The van der Waals surface area contributed by atoms with Crippen molar-refractivity contribution in [3.63, 3.8) is 0 Å². The molecule has 1 atom stereocenters. The monoisotopic (exact) mass is 433 g/mol. The third-order valence-corrected chi connectivity index (χ3v) is 7.03. The van der Waals surface area contributed by atoms with Crippen molar-refractivity contribution < 1.29 is 22.0 Å². The summed E-state index contributed by atoms with van der Waals surface area (Å²) in [6, 6.07) is 10.00. The molecule has 1 aliphatic rings. The predicted molar refractivity (Wildman–Crippen MR) is 107 cm³/mol. The molecule has 0 bridgehead atoms. The topological polar surface area (TPSA) is 112 Å². The van der Waals surface area contributed by atoms with E-state index in [2.05, 4.69) is 10.3 Å². The highest BCUT2D eigenvalue weighted by atomic mass is 32.2. The van der Waals surface area contributed by atoms with Crippen molar-refractivity contribution in [3.05, 3.63) is 64.4 Å². The van der Waals surface area contributed by atoms with E-state index in [0.717, 1.165) is 5.56 Å². The van der Waals surface area contributed by atoms with Crippen LogP contribution in [-0.4, -0.2) is 36.7 Å². The fraction of sp³-hybridized carbons (Fsp3) is 0.300. The average Bonchev–Trinajstić information content (AvgIpc) is 3.12. The number of fused-ring (bicyclic) bond motifs is 1. The summed E-state index contributed by atoms with van der Waals surface area (Å²) in [6.07, 6.45) is 1.13. The highest BCUT2D eigenvalue weighted by molar-refractivity contribution is 7.89. The highest BCUT2D eigenvalue weighted by Gasteiger charge is 2.33. The molecule has 1 fully saturated rings. The lowest BCUT2D eigenvalue weighted by atomic mass is 9.99. The molecule has 1 amide bonds. The molecule has 158 valence electrons. The lowest BCUT2D eigenvalue weighted by Crippen LogP contribution is -2.45. The number of benzene rings is 2. The third-order valence-electron chi connectivity index (χ3n) is 5.17. The van der Waals surface area contributed by atoms with Gasteiger partial charge in [-0.3, -0.25) is 9.78 Å². The van der Waals surface area contributed by atoms with Crippen molar-refractivity contribution in [2.75, 3.05) is 13.1 Å². The van der Waals surface area contributed by atoms with Crippen LogP contribution in [-0.2, 0) is 21.4 Å². The molecule has 1 aliphatic heterocycles. The van der Waals surface area contributed by atoms with Crippen LogP contribution >= 0.6 is 0 Å². The Labute approximate surface area is 171 Å². The van der Waals surface area contributed by atoms with Gasteiger partial charge in [0.15, 0.2) is 5.58 Å². The maximum atomic E-state index is 13.0. The largest absolute Gasteiger partial charge is 0.417 e. The van der Waals surface area contributed by atoms with Crippen molar-refractivity contribution in [3.8, 4) is 0 Å². The molecule has 3 aromatic rings. The number of hydrogen-bond donors (Lipinski definition) is 2. The number of oxazole rings is 1. The molecule has 0 saturated carbocycles. The van der Waals surface area contributed by atoms with Gasteiger partial charge in [0.2, 0.25) is 15.9 Å². The Morgan fingerprint density at radius 2 is 2.00 bits per heavy atom. The van der Waals surface area contributed by atoms with Gasteiger partial charge in [0, 0.05) is 25.7 Å². The van der Waals surface area contributed by atoms with Crippen molar-refractivity contribution in [1.29, 1.82) is 0 Å². The van der Waals surface area contributed by atoms with E-state index in [-0.39, 0.29) is 35.3 Å². The summed E-state index contributed by atoms with van der Waals surface area (Å²) in [6.45, 7) is 0.609. The fourth-order valence-corrected chi connectivity index (χ4v) is 5.09.